The molecule has 9 nitrogen and oxygen atoms in total. The van der Waals surface area contributed by atoms with Crippen LogP contribution < -0.4 is 29.7 Å². The zero-order chi connectivity index (χ0) is 28.4. The van der Waals surface area contributed by atoms with Crippen molar-refractivity contribution in [1.29, 1.82) is 0 Å². The molecule has 0 unspecified atom stereocenters. The molecule has 0 radical (unpaired) electrons. The van der Waals surface area contributed by atoms with E-state index in [0.717, 1.165) is 5.56 Å². The van der Waals surface area contributed by atoms with Gasteiger partial charge in [-0.3, -0.25) is 9.59 Å². The van der Waals surface area contributed by atoms with Gasteiger partial charge in [0, 0.05) is 5.56 Å². The van der Waals surface area contributed by atoms with Crippen molar-refractivity contribution >= 4 is 24.1 Å². The Hall–Kier alpha value is -5.57. The first-order valence-electron chi connectivity index (χ1n) is 12.7. The predicted octanol–water partition coefficient (Wildman–Crippen LogP) is 4.92. The van der Waals surface area contributed by atoms with Crippen LogP contribution >= 0.6 is 0 Å². The molecular formula is C32H27N3O6. The summed E-state index contributed by atoms with van der Waals surface area (Å²) in [5, 5.41) is 6.76. The van der Waals surface area contributed by atoms with Crippen molar-refractivity contribution in [2.75, 3.05) is 13.9 Å². The quantitative estimate of drug-likeness (QED) is 0.165. The van der Waals surface area contributed by atoms with Gasteiger partial charge in [0.05, 0.1) is 13.3 Å². The minimum atomic E-state index is -0.613. The fourth-order valence-corrected chi connectivity index (χ4v) is 3.96. The standard InChI is InChI=1S/C32H27N3O6/c1-38-29-18-24(13-15-27(29)39-20-22-8-4-2-5-9-22)19-33-35-32(37)26(34-31(36)25-10-6-3-7-11-25)16-23-12-14-28-30(17-23)41-21-40-28/h2-19H,20-21H2,1H3,(H,34,36)(H,35,37)/b26-16+,33-19-. The van der Waals surface area contributed by atoms with Crippen molar-refractivity contribution in [3.05, 3.63) is 125 Å². The molecule has 0 atom stereocenters. The first-order valence-corrected chi connectivity index (χ1v) is 12.7. The van der Waals surface area contributed by atoms with Crippen LogP contribution in [0.4, 0.5) is 0 Å². The third kappa shape index (κ3) is 7.10. The molecule has 2 N–H and O–H groups in total. The van der Waals surface area contributed by atoms with Crippen LogP contribution in [0.2, 0.25) is 0 Å². The summed E-state index contributed by atoms with van der Waals surface area (Å²) >= 11 is 0. The molecule has 41 heavy (non-hydrogen) atoms. The fraction of sp³-hybridized carbons (Fsp3) is 0.0938. The van der Waals surface area contributed by atoms with Crippen LogP contribution in [-0.4, -0.2) is 31.9 Å². The molecule has 0 bridgehead atoms. The zero-order valence-electron chi connectivity index (χ0n) is 22.2. The molecule has 1 heterocycles. The van der Waals surface area contributed by atoms with Crippen molar-refractivity contribution in [2.24, 2.45) is 5.10 Å². The number of hydrazone groups is 1. The lowest BCUT2D eigenvalue weighted by Crippen LogP contribution is -2.32. The van der Waals surface area contributed by atoms with E-state index < -0.39 is 11.8 Å². The third-order valence-corrected chi connectivity index (χ3v) is 6.04. The molecule has 1 aliphatic heterocycles. The Morgan fingerprint density at radius 2 is 1.59 bits per heavy atom. The van der Waals surface area contributed by atoms with Gasteiger partial charge in [0.2, 0.25) is 6.79 Å². The number of ether oxygens (including phenoxy) is 4. The Balaban J connectivity index is 1.29. The van der Waals surface area contributed by atoms with Gasteiger partial charge in [-0.25, -0.2) is 5.43 Å². The van der Waals surface area contributed by atoms with Crippen LogP contribution in [0.15, 0.2) is 108 Å². The minimum Gasteiger partial charge on any atom is -0.493 e. The van der Waals surface area contributed by atoms with Crippen molar-refractivity contribution in [3.63, 3.8) is 0 Å². The summed E-state index contributed by atoms with van der Waals surface area (Å²) in [5.74, 6) is 1.21. The zero-order valence-corrected chi connectivity index (χ0v) is 22.2. The number of carbonyl (C=O) groups excluding carboxylic acids is 2. The number of amides is 2. The van der Waals surface area contributed by atoms with Gasteiger partial charge in [0.1, 0.15) is 12.3 Å². The first kappa shape index (κ1) is 27.0. The van der Waals surface area contributed by atoms with E-state index in [-0.39, 0.29) is 12.5 Å². The number of hydrogen-bond acceptors (Lipinski definition) is 7. The molecule has 0 spiro atoms. The molecule has 4 aromatic rings. The van der Waals surface area contributed by atoms with E-state index >= 15 is 0 Å². The van der Waals surface area contributed by atoms with Gasteiger partial charge in [-0.15, -0.1) is 0 Å². The highest BCUT2D eigenvalue weighted by molar-refractivity contribution is 6.05. The number of carbonyl (C=O) groups is 2. The topological polar surface area (TPSA) is 107 Å². The SMILES string of the molecule is COc1cc(/C=N\NC(=O)/C(=C\c2ccc3c(c2)OCO3)NC(=O)c2ccccc2)ccc1OCc1ccccc1. The largest absolute Gasteiger partial charge is 0.493 e. The molecule has 206 valence electrons. The van der Waals surface area contributed by atoms with Gasteiger partial charge in [-0.1, -0.05) is 54.6 Å². The highest BCUT2D eigenvalue weighted by Gasteiger charge is 2.17. The summed E-state index contributed by atoms with van der Waals surface area (Å²) < 4.78 is 22.2. The number of fused-ring (bicyclic) bond motifs is 1. The molecule has 9 heteroatoms. The monoisotopic (exact) mass is 549 g/mol. The molecule has 5 rings (SSSR count). The molecule has 0 saturated heterocycles. The maximum absolute atomic E-state index is 13.1. The molecule has 0 aliphatic carbocycles. The van der Waals surface area contributed by atoms with E-state index in [1.807, 2.05) is 30.3 Å². The summed E-state index contributed by atoms with van der Waals surface area (Å²) in [6, 6.07) is 28.9. The summed E-state index contributed by atoms with van der Waals surface area (Å²) in [5.41, 5.74) is 5.22. The van der Waals surface area contributed by atoms with E-state index in [1.54, 1.807) is 73.8 Å². The van der Waals surface area contributed by atoms with Gasteiger partial charge in [0.25, 0.3) is 11.8 Å². The van der Waals surface area contributed by atoms with Gasteiger partial charge in [0.15, 0.2) is 23.0 Å². The van der Waals surface area contributed by atoms with E-state index in [9.17, 15) is 9.59 Å². The maximum Gasteiger partial charge on any atom is 0.287 e. The van der Waals surface area contributed by atoms with Crippen molar-refractivity contribution < 1.29 is 28.5 Å². The van der Waals surface area contributed by atoms with E-state index in [0.29, 0.717) is 46.3 Å². The van der Waals surface area contributed by atoms with E-state index in [4.69, 9.17) is 18.9 Å². The van der Waals surface area contributed by atoms with Crippen LogP contribution in [0, 0.1) is 0 Å². The Morgan fingerprint density at radius 3 is 2.37 bits per heavy atom. The van der Waals surface area contributed by atoms with Gasteiger partial charge in [-0.05, 0) is 65.2 Å². The second kappa shape index (κ2) is 13.0. The molecular weight excluding hydrogens is 522 g/mol. The molecule has 1 aliphatic rings. The molecule has 0 aromatic heterocycles. The Morgan fingerprint density at radius 1 is 0.854 bits per heavy atom. The lowest BCUT2D eigenvalue weighted by Gasteiger charge is -2.11. The number of nitrogens with one attached hydrogen (secondary N) is 2. The number of rotatable bonds is 10. The average Bonchev–Trinajstić information content (AvgIpc) is 3.49. The van der Waals surface area contributed by atoms with Crippen LogP contribution in [0.5, 0.6) is 23.0 Å². The highest BCUT2D eigenvalue weighted by Crippen LogP contribution is 2.33. The smallest absolute Gasteiger partial charge is 0.287 e. The average molecular weight is 550 g/mol. The molecule has 0 fully saturated rings. The Kier molecular flexibility index (Phi) is 8.56. The lowest BCUT2D eigenvalue weighted by atomic mass is 10.1. The van der Waals surface area contributed by atoms with Crippen LogP contribution in [0.1, 0.15) is 27.0 Å². The number of nitrogens with zero attached hydrogens (tertiary/aromatic N) is 1. The van der Waals surface area contributed by atoms with Crippen molar-refractivity contribution in [1.82, 2.24) is 10.7 Å². The highest BCUT2D eigenvalue weighted by atomic mass is 16.7. The number of hydrogen-bond donors (Lipinski definition) is 2. The third-order valence-electron chi connectivity index (χ3n) is 6.04. The van der Waals surface area contributed by atoms with E-state index in [2.05, 4.69) is 15.8 Å². The fourth-order valence-electron chi connectivity index (χ4n) is 3.96. The van der Waals surface area contributed by atoms with Gasteiger partial charge in [-0.2, -0.15) is 5.10 Å². The molecule has 4 aromatic carbocycles. The number of methoxy groups -OCH3 is 1. The predicted molar refractivity (Wildman–Crippen MR) is 154 cm³/mol. The van der Waals surface area contributed by atoms with Crippen LogP contribution in [0.25, 0.3) is 6.08 Å². The summed E-state index contributed by atoms with van der Waals surface area (Å²) in [4.78, 5) is 26.0. The normalized spacial score (nSPS) is 12.2. The second-order valence-corrected chi connectivity index (χ2v) is 8.87. The maximum atomic E-state index is 13.1. The van der Waals surface area contributed by atoms with Crippen LogP contribution in [0.3, 0.4) is 0 Å². The van der Waals surface area contributed by atoms with E-state index in [1.165, 1.54) is 12.3 Å². The number of benzene rings is 4. The Bertz CT molecular complexity index is 1590. The summed E-state index contributed by atoms with van der Waals surface area (Å²) in [6.45, 7) is 0.522. The first-order chi connectivity index (χ1) is 20.1. The minimum absolute atomic E-state index is 0.00268. The Labute approximate surface area is 237 Å². The summed E-state index contributed by atoms with van der Waals surface area (Å²) in [7, 11) is 1.55. The van der Waals surface area contributed by atoms with Crippen molar-refractivity contribution in [2.45, 2.75) is 6.61 Å². The summed E-state index contributed by atoms with van der Waals surface area (Å²) in [6.07, 6.45) is 3.01. The molecule has 0 saturated carbocycles. The second-order valence-electron chi connectivity index (χ2n) is 8.87. The van der Waals surface area contributed by atoms with Gasteiger partial charge >= 0.3 is 0 Å². The van der Waals surface area contributed by atoms with Crippen LogP contribution in [-0.2, 0) is 11.4 Å². The van der Waals surface area contributed by atoms with Crippen molar-refractivity contribution in [3.8, 4) is 23.0 Å². The molecule has 2 amide bonds. The lowest BCUT2D eigenvalue weighted by molar-refractivity contribution is -0.117. The van der Waals surface area contributed by atoms with Gasteiger partial charge < -0.3 is 24.3 Å².